The lowest BCUT2D eigenvalue weighted by molar-refractivity contribution is -0.0120. The fourth-order valence-corrected chi connectivity index (χ4v) is 2.56. The minimum Gasteiger partial charge on any atom is -0.385 e. The van der Waals surface area contributed by atoms with Crippen LogP contribution >= 0.6 is 0 Å². The van der Waals surface area contributed by atoms with Crippen molar-refractivity contribution in [2.45, 2.75) is 52.1 Å². The van der Waals surface area contributed by atoms with Gasteiger partial charge in [0, 0.05) is 0 Å². The van der Waals surface area contributed by atoms with Gasteiger partial charge < -0.3 is 5.11 Å². The summed E-state index contributed by atoms with van der Waals surface area (Å²) in [6, 6.07) is 6.38. The van der Waals surface area contributed by atoms with Crippen LogP contribution in [0.25, 0.3) is 0 Å². The number of rotatable bonds is 1. The van der Waals surface area contributed by atoms with Gasteiger partial charge in [-0.15, -0.1) is 0 Å². The molecule has 1 aromatic carbocycles. The van der Waals surface area contributed by atoms with Gasteiger partial charge in [0.25, 0.3) is 0 Å². The van der Waals surface area contributed by atoms with Crippen molar-refractivity contribution >= 4 is 0 Å². The molecule has 0 bridgehead atoms. The van der Waals surface area contributed by atoms with E-state index in [9.17, 15) is 5.11 Å². The highest BCUT2D eigenvalue weighted by Gasteiger charge is 2.33. The van der Waals surface area contributed by atoms with Crippen LogP contribution in [0, 0.1) is 19.8 Å². The Morgan fingerprint density at radius 1 is 1.12 bits per heavy atom. The lowest BCUT2D eigenvalue weighted by Gasteiger charge is -2.35. The fraction of sp³-hybridized carbons (Fsp3) is 0.600. The van der Waals surface area contributed by atoms with E-state index in [1.54, 1.807) is 0 Å². The summed E-state index contributed by atoms with van der Waals surface area (Å²) in [5, 5.41) is 10.7. The van der Waals surface area contributed by atoms with Crippen LogP contribution in [0.1, 0.15) is 49.3 Å². The molecule has 0 aromatic heterocycles. The van der Waals surface area contributed by atoms with Crippen molar-refractivity contribution in [3.05, 3.63) is 34.9 Å². The maximum atomic E-state index is 10.7. The second-order valence-electron chi connectivity index (χ2n) is 5.51. The van der Waals surface area contributed by atoms with Crippen LogP contribution in [-0.2, 0) is 5.60 Å². The van der Waals surface area contributed by atoms with E-state index in [0.29, 0.717) is 0 Å². The van der Waals surface area contributed by atoms with Crippen LogP contribution in [0.3, 0.4) is 0 Å². The van der Waals surface area contributed by atoms with Crippen molar-refractivity contribution in [2.75, 3.05) is 0 Å². The molecule has 1 aliphatic carbocycles. The van der Waals surface area contributed by atoms with Crippen LogP contribution in [0.2, 0.25) is 0 Å². The van der Waals surface area contributed by atoms with Gasteiger partial charge in [-0.25, -0.2) is 0 Å². The molecule has 1 aromatic rings. The van der Waals surface area contributed by atoms with Gasteiger partial charge >= 0.3 is 0 Å². The third-order valence-corrected chi connectivity index (χ3v) is 4.15. The van der Waals surface area contributed by atoms with E-state index in [1.165, 1.54) is 11.1 Å². The van der Waals surface area contributed by atoms with E-state index in [-0.39, 0.29) is 0 Å². The first kappa shape index (κ1) is 11.7. The van der Waals surface area contributed by atoms with Crippen LogP contribution < -0.4 is 0 Å². The minimum absolute atomic E-state index is 0.565. The molecule has 16 heavy (non-hydrogen) atoms. The first-order valence-corrected chi connectivity index (χ1v) is 6.31. The summed E-state index contributed by atoms with van der Waals surface area (Å²) >= 11 is 0. The van der Waals surface area contributed by atoms with Crippen LogP contribution in [0.4, 0.5) is 0 Å². The fourth-order valence-electron chi connectivity index (χ4n) is 2.56. The molecule has 0 saturated heterocycles. The largest absolute Gasteiger partial charge is 0.385 e. The predicted molar refractivity (Wildman–Crippen MR) is 67.4 cm³/mol. The molecule has 0 unspecified atom stereocenters. The highest BCUT2D eigenvalue weighted by molar-refractivity contribution is 5.33. The molecule has 0 atom stereocenters. The van der Waals surface area contributed by atoms with Crippen LogP contribution in [0.15, 0.2) is 18.2 Å². The third kappa shape index (κ3) is 2.15. The quantitative estimate of drug-likeness (QED) is 0.762. The van der Waals surface area contributed by atoms with Crippen LogP contribution in [-0.4, -0.2) is 5.11 Å². The normalized spacial score (nSPS) is 30.4. The maximum Gasteiger partial charge on any atom is 0.0896 e. The van der Waals surface area contributed by atoms with E-state index >= 15 is 0 Å². The molecule has 0 amide bonds. The van der Waals surface area contributed by atoms with Crippen molar-refractivity contribution in [3.63, 3.8) is 0 Å². The zero-order chi connectivity index (χ0) is 11.8. The lowest BCUT2D eigenvalue weighted by Crippen LogP contribution is -2.30. The standard InChI is InChI=1S/C15H22O/c1-11-6-8-15(16,9-7-11)14-5-4-12(2)13(3)10-14/h4-5,10-11,16H,6-9H2,1-3H3. The maximum absolute atomic E-state index is 10.7. The number of benzene rings is 1. The van der Waals surface area contributed by atoms with Crippen molar-refractivity contribution in [1.82, 2.24) is 0 Å². The van der Waals surface area contributed by atoms with Crippen molar-refractivity contribution in [1.29, 1.82) is 0 Å². The Bertz CT molecular complexity index is 373. The predicted octanol–water partition coefficient (Wildman–Crippen LogP) is 3.70. The summed E-state index contributed by atoms with van der Waals surface area (Å²) in [7, 11) is 0. The zero-order valence-corrected chi connectivity index (χ0v) is 10.6. The van der Waals surface area contributed by atoms with Gasteiger partial charge in [-0.05, 0) is 62.1 Å². The number of aliphatic hydroxyl groups is 1. The monoisotopic (exact) mass is 218 g/mol. The van der Waals surface area contributed by atoms with Crippen molar-refractivity contribution in [3.8, 4) is 0 Å². The van der Waals surface area contributed by atoms with Crippen molar-refractivity contribution < 1.29 is 5.11 Å². The van der Waals surface area contributed by atoms with Gasteiger partial charge in [0.15, 0.2) is 0 Å². The van der Waals surface area contributed by atoms with Gasteiger partial charge in [0.05, 0.1) is 5.60 Å². The molecule has 0 aliphatic heterocycles. The summed E-state index contributed by atoms with van der Waals surface area (Å²) in [4.78, 5) is 0. The highest BCUT2D eigenvalue weighted by Crippen LogP contribution is 2.39. The second-order valence-corrected chi connectivity index (χ2v) is 5.51. The Balaban J connectivity index is 2.25. The molecule has 0 radical (unpaired) electrons. The molecule has 2 rings (SSSR count). The molecular formula is C15H22O. The Morgan fingerprint density at radius 2 is 1.75 bits per heavy atom. The summed E-state index contributed by atoms with van der Waals surface area (Å²) < 4.78 is 0. The number of hydrogen-bond donors (Lipinski definition) is 1. The van der Waals surface area contributed by atoms with Gasteiger partial charge in [0.1, 0.15) is 0 Å². The Kier molecular flexibility index (Phi) is 3.07. The molecular weight excluding hydrogens is 196 g/mol. The van der Waals surface area contributed by atoms with Gasteiger partial charge in [-0.1, -0.05) is 25.1 Å². The van der Waals surface area contributed by atoms with Crippen molar-refractivity contribution in [2.24, 2.45) is 5.92 Å². The Hall–Kier alpha value is -0.820. The topological polar surface area (TPSA) is 20.2 Å². The second kappa shape index (κ2) is 4.21. The molecule has 1 nitrogen and oxygen atoms in total. The van der Waals surface area contributed by atoms with Gasteiger partial charge in [0.2, 0.25) is 0 Å². The summed E-state index contributed by atoms with van der Waals surface area (Å²) in [6.07, 6.45) is 4.11. The lowest BCUT2D eigenvalue weighted by atomic mass is 9.75. The first-order valence-electron chi connectivity index (χ1n) is 6.31. The molecule has 1 fully saturated rings. The summed E-state index contributed by atoms with van der Waals surface area (Å²) in [5.74, 6) is 0.770. The van der Waals surface area contributed by atoms with E-state index < -0.39 is 5.60 Å². The Morgan fingerprint density at radius 3 is 2.31 bits per heavy atom. The molecule has 1 aliphatic rings. The van der Waals surface area contributed by atoms with E-state index in [2.05, 4.69) is 39.0 Å². The Labute approximate surface area is 98.5 Å². The van der Waals surface area contributed by atoms with Crippen LogP contribution in [0.5, 0.6) is 0 Å². The third-order valence-electron chi connectivity index (χ3n) is 4.15. The molecule has 1 saturated carbocycles. The van der Waals surface area contributed by atoms with E-state index in [1.807, 2.05) is 0 Å². The summed E-state index contributed by atoms with van der Waals surface area (Å²) in [6.45, 7) is 6.51. The van der Waals surface area contributed by atoms with E-state index in [0.717, 1.165) is 37.2 Å². The SMILES string of the molecule is Cc1ccc(C2(O)CCC(C)CC2)cc1C. The summed E-state index contributed by atoms with van der Waals surface area (Å²) in [5.41, 5.74) is 3.13. The highest BCUT2D eigenvalue weighted by atomic mass is 16.3. The molecule has 88 valence electrons. The van der Waals surface area contributed by atoms with Gasteiger partial charge in [-0.2, -0.15) is 0 Å². The average molecular weight is 218 g/mol. The average Bonchev–Trinajstić information content (AvgIpc) is 2.26. The number of hydrogen-bond acceptors (Lipinski definition) is 1. The molecule has 0 heterocycles. The van der Waals surface area contributed by atoms with E-state index in [4.69, 9.17) is 0 Å². The molecule has 0 spiro atoms. The zero-order valence-electron chi connectivity index (χ0n) is 10.6. The molecule has 1 N–H and O–H groups in total. The number of aryl methyl sites for hydroxylation is 2. The molecule has 1 heteroatoms. The van der Waals surface area contributed by atoms with Gasteiger partial charge in [-0.3, -0.25) is 0 Å². The first-order chi connectivity index (χ1) is 7.51. The minimum atomic E-state index is -0.565. The smallest absolute Gasteiger partial charge is 0.0896 e.